The molecule has 1 rings (SSSR count). The van der Waals surface area contributed by atoms with Gasteiger partial charge in [-0.1, -0.05) is 43.3 Å². The molecule has 0 bridgehead atoms. The Labute approximate surface area is 95.9 Å². The van der Waals surface area contributed by atoms with Crippen LogP contribution in [0.3, 0.4) is 0 Å². The van der Waals surface area contributed by atoms with Crippen LogP contribution < -0.4 is 0 Å². The minimum atomic E-state index is -0.926. The Balaban J connectivity index is 2.79. The van der Waals surface area contributed by atoms with E-state index in [2.05, 4.69) is 31.2 Å². The maximum atomic E-state index is 10.3. The standard InChI is InChI=1S/C14H16O2/c1-3-12-7-9-13(10-8-12)11(2)5-4-6-14(15)16/h4-10H,3H2,1-2H3,(H,15,16)/b6-4+,11-5+. The number of rotatable bonds is 4. The molecular formula is C14H16O2. The predicted octanol–water partition coefficient (Wildman–Crippen LogP) is 3.29. The lowest BCUT2D eigenvalue weighted by molar-refractivity contribution is -0.131. The van der Waals surface area contributed by atoms with Gasteiger partial charge in [0.1, 0.15) is 0 Å². The monoisotopic (exact) mass is 216 g/mol. The van der Waals surface area contributed by atoms with Crippen LogP contribution in [0.5, 0.6) is 0 Å². The molecule has 0 unspecified atom stereocenters. The van der Waals surface area contributed by atoms with Gasteiger partial charge in [0.05, 0.1) is 0 Å². The first-order chi connectivity index (χ1) is 7.63. The lowest BCUT2D eigenvalue weighted by Crippen LogP contribution is -1.85. The molecule has 0 radical (unpaired) electrons. The van der Waals surface area contributed by atoms with E-state index in [-0.39, 0.29) is 0 Å². The van der Waals surface area contributed by atoms with E-state index in [0.717, 1.165) is 23.6 Å². The summed E-state index contributed by atoms with van der Waals surface area (Å²) in [6.07, 6.45) is 5.51. The predicted molar refractivity (Wildman–Crippen MR) is 66.2 cm³/mol. The summed E-state index contributed by atoms with van der Waals surface area (Å²) < 4.78 is 0. The lowest BCUT2D eigenvalue weighted by atomic mass is 10.0. The van der Waals surface area contributed by atoms with Crippen molar-refractivity contribution >= 4 is 11.5 Å². The molecule has 0 saturated heterocycles. The number of aliphatic carboxylic acids is 1. The van der Waals surface area contributed by atoms with Gasteiger partial charge in [0, 0.05) is 6.08 Å². The van der Waals surface area contributed by atoms with Gasteiger partial charge in [-0.2, -0.15) is 0 Å². The van der Waals surface area contributed by atoms with E-state index >= 15 is 0 Å². The van der Waals surface area contributed by atoms with Crippen LogP contribution in [0.2, 0.25) is 0 Å². The summed E-state index contributed by atoms with van der Waals surface area (Å²) in [7, 11) is 0. The van der Waals surface area contributed by atoms with Gasteiger partial charge in [-0.25, -0.2) is 4.79 Å². The number of hydrogen-bond donors (Lipinski definition) is 1. The molecule has 0 atom stereocenters. The molecule has 0 fully saturated rings. The number of carboxylic acid groups (broad SMARTS) is 1. The second kappa shape index (κ2) is 5.91. The Hall–Kier alpha value is -1.83. The Bertz CT molecular complexity index is 411. The van der Waals surface area contributed by atoms with Crippen LogP contribution >= 0.6 is 0 Å². The third kappa shape index (κ3) is 3.73. The number of carboxylic acids is 1. The molecule has 0 spiro atoms. The van der Waals surface area contributed by atoms with Crippen molar-refractivity contribution in [3.63, 3.8) is 0 Å². The molecule has 2 heteroatoms. The van der Waals surface area contributed by atoms with Crippen LogP contribution in [0.25, 0.3) is 5.57 Å². The normalized spacial score (nSPS) is 12.0. The van der Waals surface area contributed by atoms with Crippen LogP contribution in [-0.4, -0.2) is 11.1 Å². The van der Waals surface area contributed by atoms with Crippen molar-refractivity contribution in [2.24, 2.45) is 0 Å². The van der Waals surface area contributed by atoms with Gasteiger partial charge in [-0.15, -0.1) is 0 Å². The van der Waals surface area contributed by atoms with Crippen molar-refractivity contribution in [1.82, 2.24) is 0 Å². The molecule has 1 aromatic rings. The summed E-state index contributed by atoms with van der Waals surface area (Å²) in [5.41, 5.74) is 3.48. The van der Waals surface area contributed by atoms with Crippen molar-refractivity contribution < 1.29 is 9.90 Å². The number of aryl methyl sites for hydroxylation is 1. The third-order valence-electron chi connectivity index (χ3n) is 2.40. The van der Waals surface area contributed by atoms with Crippen molar-refractivity contribution in [2.45, 2.75) is 20.3 Å². The minimum Gasteiger partial charge on any atom is -0.478 e. The van der Waals surface area contributed by atoms with Gasteiger partial charge in [-0.05, 0) is 30.0 Å². The first-order valence-electron chi connectivity index (χ1n) is 5.30. The van der Waals surface area contributed by atoms with Crippen molar-refractivity contribution in [3.05, 3.63) is 53.6 Å². The quantitative estimate of drug-likeness (QED) is 0.619. The van der Waals surface area contributed by atoms with Crippen LogP contribution in [0, 0.1) is 0 Å². The molecule has 0 aliphatic heterocycles. The Morgan fingerprint density at radius 2 is 1.94 bits per heavy atom. The molecule has 84 valence electrons. The maximum Gasteiger partial charge on any atom is 0.328 e. The fourth-order valence-electron chi connectivity index (χ4n) is 1.37. The lowest BCUT2D eigenvalue weighted by Gasteiger charge is -2.01. The van der Waals surface area contributed by atoms with Crippen LogP contribution in [0.4, 0.5) is 0 Å². The van der Waals surface area contributed by atoms with Crippen molar-refractivity contribution in [1.29, 1.82) is 0 Å². The molecule has 1 aromatic carbocycles. The van der Waals surface area contributed by atoms with Gasteiger partial charge in [0.2, 0.25) is 0 Å². The maximum absolute atomic E-state index is 10.3. The first-order valence-corrected chi connectivity index (χ1v) is 5.30. The molecule has 0 aliphatic rings. The average molecular weight is 216 g/mol. The zero-order valence-electron chi connectivity index (χ0n) is 9.60. The highest BCUT2D eigenvalue weighted by Gasteiger charge is 1.94. The third-order valence-corrected chi connectivity index (χ3v) is 2.40. The van der Waals surface area contributed by atoms with E-state index in [0.29, 0.717) is 0 Å². The highest BCUT2D eigenvalue weighted by Crippen LogP contribution is 2.14. The van der Waals surface area contributed by atoms with Gasteiger partial charge in [0.25, 0.3) is 0 Å². The second-order valence-electron chi connectivity index (χ2n) is 3.60. The van der Waals surface area contributed by atoms with E-state index in [9.17, 15) is 4.79 Å². The Kier molecular flexibility index (Phi) is 4.52. The second-order valence-corrected chi connectivity index (χ2v) is 3.60. The molecule has 0 aliphatic carbocycles. The van der Waals surface area contributed by atoms with Crippen molar-refractivity contribution in [3.8, 4) is 0 Å². The molecule has 0 amide bonds. The summed E-state index contributed by atoms with van der Waals surface area (Å²) in [4.78, 5) is 10.3. The summed E-state index contributed by atoms with van der Waals surface area (Å²) in [6.45, 7) is 4.08. The summed E-state index contributed by atoms with van der Waals surface area (Å²) >= 11 is 0. The molecule has 1 N–H and O–H groups in total. The van der Waals surface area contributed by atoms with Gasteiger partial charge in [-0.3, -0.25) is 0 Å². The SMILES string of the molecule is CCc1ccc(/C(C)=C/C=C/C(=O)O)cc1. The molecule has 0 heterocycles. The zero-order chi connectivity index (χ0) is 12.0. The topological polar surface area (TPSA) is 37.3 Å². The molecule has 2 nitrogen and oxygen atoms in total. The van der Waals surface area contributed by atoms with E-state index in [4.69, 9.17) is 5.11 Å². The zero-order valence-corrected chi connectivity index (χ0v) is 9.60. The van der Waals surface area contributed by atoms with Crippen LogP contribution in [-0.2, 0) is 11.2 Å². The van der Waals surface area contributed by atoms with Crippen LogP contribution in [0.15, 0.2) is 42.5 Å². The summed E-state index contributed by atoms with van der Waals surface area (Å²) in [5.74, 6) is -0.926. The fraction of sp³-hybridized carbons (Fsp3) is 0.214. The highest BCUT2D eigenvalue weighted by atomic mass is 16.4. The van der Waals surface area contributed by atoms with Gasteiger partial charge >= 0.3 is 5.97 Å². The summed E-state index contributed by atoms with van der Waals surface area (Å²) in [6, 6.07) is 8.29. The Morgan fingerprint density at radius 1 is 1.31 bits per heavy atom. The molecule has 16 heavy (non-hydrogen) atoms. The first kappa shape index (κ1) is 12.2. The van der Waals surface area contributed by atoms with E-state index in [1.165, 1.54) is 5.56 Å². The fourth-order valence-corrected chi connectivity index (χ4v) is 1.37. The average Bonchev–Trinajstić information content (AvgIpc) is 2.28. The number of carbonyl (C=O) groups is 1. The van der Waals surface area contributed by atoms with Crippen molar-refractivity contribution in [2.75, 3.05) is 0 Å². The highest BCUT2D eigenvalue weighted by molar-refractivity contribution is 5.80. The molecule has 0 aromatic heterocycles. The van der Waals surface area contributed by atoms with Crippen LogP contribution in [0.1, 0.15) is 25.0 Å². The van der Waals surface area contributed by atoms with Gasteiger partial charge in [0.15, 0.2) is 0 Å². The van der Waals surface area contributed by atoms with E-state index < -0.39 is 5.97 Å². The molecular weight excluding hydrogens is 200 g/mol. The Morgan fingerprint density at radius 3 is 2.44 bits per heavy atom. The minimum absolute atomic E-state index is 0.926. The largest absolute Gasteiger partial charge is 0.478 e. The summed E-state index contributed by atoms with van der Waals surface area (Å²) in [5, 5.41) is 8.45. The van der Waals surface area contributed by atoms with E-state index in [1.54, 1.807) is 12.2 Å². The number of hydrogen-bond acceptors (Lipinski definition) is 1. The van der Waals surface area contributed by atoms with Gasteiger partial charge < -0.3 is 5.11 Å². The smallest absolute Gasteiger partial charge is 0.328 e. The van der Waals surface area contributed by atoms with E-state index in [1.807, 2.05) is 6.92 Å². The number of allylic oxidation sites excluding steroid dienone is 3. The molecule has 0 saturated carbocycles. The number of benzene rings is 1.